The van der Waals surface area contributed by atoms with Crippen LogP contribution in [0.5, 0.6) is 0 Å². The highest BCUT2D eigenvalue weighted by Crippen LogP contribution is 2.33. The Balaban J connectivity index is 2.29. The Hall–Kier alpha value is -1.14. The molecule has 1 aliphatic rings. The van der Waals surface area contributed by atoms with E-state index in [2.05, 4.69) is 9.88 Å². The number of carboxylic acid groups (broad SMARTS) is 1. The van der Waals surface area contributed by atoms with Crippen molar-refractivity contribution in [1.29, 1.82) is 0 Å². The Morgan fingerprint density at radius 1 is 1.58 bits per heavy atom. The zero-order chi connectivity index (χ0) is 14.2. The third-order valence-electron chi connectivity index (χ3n) is 3.52. The normalized spacial score (nSPS) is 23.0. The fourth-order valence-electron chi connectivity index (χ4n) is 2.39. The van der Waals surface area contributed by atoms with Gasteiger partial charge in [0.1, 0.15) is 4.88 Å². The van der Waals surface area contributed by atoms with Gasteiger partial charge in [0, 0.05) is 13.7 Å². The van der Waals surface area contributed by atoms with E-state index in [0.29, 0.717) is 10.6 Å². The highest BCUT2D eigenvalue weighted by atomic mass is 32.1. The number of hydrogen-bond donors (Lipinski definition) is 1. The zero-order valence-electron chi connectivity index (χ0n) is 11.7. The van der Waals surface area contributed by atoms with E-state index in [-0.39, 0.29) is 18.1 Å². The monoisotopic (exact) mass is 284 g/mol. The number of rotatable bonds is 4. The lowest BCUT2D eigenvalue weighted by Gasteiger charge is -2.26. The lowest BCUT2D eigenvalue weighted by atomic mass is 10.1. The van der Waals surface area contributed by atoms with Crippen LogP contribution >= 0.6 is 11.3 Å². The molecule has 6 heteroatoms. The molecule has 0 radical (unpaired) electrons. The van der Waals surface area contributed by atoms with E-state index >= 15 is 0 Å². The van der Waals surface area contributed by atoms with Gasteiger partial charge in [0.05, 0.1) is 17.8 Å². The molecule has 1 N–H and O–H groups in total. The molecule has 19 heavy (non-hydrogen) atoms. The fraction of sp³-hybridized carbons (Fsp3) is 0.692. The molecule has 1 fully saturated rings. The largest absolute Gasteiger partial charge is 0.477 e. The SMILES string of the molecule is CC(C)c1nc(N(C)C2CCOC2C)sc1C(=O)O. The van der Waals surface area contributed by atoms with Crippen LogP contribution in [0.2, 0.25) is 0 Å². The topological polar surface area (TPSA) is 62.7 Å². The van der Waals surface area contributed by atoms with Crippen molar-refractivity contribution in [3.05, 3.63) is 10.6 Å². The van der Waals surface area contributed by atoms with Crippen molar-refractivity contribution in [3.63, 3.8) is 0 Å². The van der Waals surface area contributed by atoms with Crippen LogP contribution in [0.3, 0.4) is 0 Å². The van der Waals surface area contributed by atoms with Crippen molar-refractivity contribution in [2.24, 2.45) is 0 Å². The first-order chi connectivity index (χ1) is 8.91. The molecule has 0 spiro atoms. The van der Waals surface area contributed by atoms with E-state index < -0.39 is 5.97 Å². The lowest BCUT2D eigenvalue weighted by Crippen LogP contribution is -2.36. The average Bonchev–Trinajstić information content (AvgIpc) is 2.93. The third kappa shape index (κ3) is 2.74. The number of ether oxygens (including phenoxy) is 1. The summed E-state index contributed by atoms with van der Waals surface area (Å²) in [5.74, 6) is -0.779. The predicted octanol–water partition coefficient (Wildman–Crippen LogP) is 2.58. The first-order valence-corrected chi connectivity index (χ1v) is 7.32. The van der Waals surface area contributed by atoms with E-state index in [1.807, 2.05) is 27.8 Å². The summed E-state index contributed by atoms with van der Waals surface area (Å²) in [5.41, 5.74) is 0.672. The molecule has 0 amide bonds. The number of carboxylic acids is 1. The van der Waals surface area contributed by atoms with Gasteiger partial charge in [-0.1, -0.05) is 25.2 Å². The minimum absolute atomic E-state index is 0.113. The summed E-state index contributed by atoms with van der Waals surface area (Å²) in [7, 11) is 1.96. The van der Waals surface area contributed by atoms with Crippen LogP contribution in [0.4, 0.5) is 5.13 Å². The van der Waals surface area contributed by atoms with Crippen LogP contribution in [-0.4, -0.2) is 41.9 Å². The van der Waals surface area contributed by atoms with E-state index in [0.717, 1.165) is 18.2 Å². The van der Waals surface area contributed by atoms with Gasteiger partial charge in [-0.15, -0.1) is 0 Å². The molecule has 2 rings (SSSR count). The number of aromatic carboxylic acids is 1. The van der Waals surface area contributed by atoms with Gasteiger partial charge in [0.25, 0.3) is 0 Å². The summed E-state index contributed by atoms with van der Waals surface area (Å²) >= 11 is 1.25. The molecule has 1 aliphatic heterocycles. The van der Waals surface area contributed by atoms with Gasteiger partial charge in [0.15, 0.2) is 5.13 Å². The van der Waals surface area contributed by atoms with Gasteiger partial charge >= 0.3 is 5.97 Å². The zero-order valence-corrected chi connectivity index (χ0v) is 12.5. The molecular formula is C13H20N2O3S. The number of hydrogen-bond acceptors (Lipinski definition) is 5. The number of thiazole rings is 1. The van der Waals surface area contributed by atoms with Gasteiger partial charge in [-0.05, 0) is 19.3 Å². The molecule has 0 aromatic carbocycles. The first kappa shape index (κ1) is 14.3. The number of aromatic nitrogens is 1. The van der Waals surface area contributed by atoms with Crippen LogP contribution < -0.4 is 4.90 Å². The molecule has 0 aliphatic carbocycles. The smallest absolute Gasteiger partial charge is 0.347 e. The van der Waals surface area contributed by atoms with Gasteiger partial charge in [-0.2, -0.15) is 0 Å². The molecular weight excluding hydrogens is 264 g/mol. The van der Waals surface area contributed by atoms with Crippen molar-refractivity contribution in [2.75, 3.05) is 18.6 Å². The molecule has 0 saturated carbocycles. The van der Waals surface area contributed by atoms with Crippen molar-refractivity contribution >= 4 is 22.4 Å². The van der Waals surface area contributed by atoms with Crippen molar-refractivity contribution in [2.45, 2.75) is 45.3 Å². The van der Waals surface area contributed by atoms with Crippen LogP contribution in [0.25, 0.3) is 0 Å². The predicted molar refractivity (Wildman–Crippen MR) is 75.4 cm³/mol. The van der Waals surface area contributed by atoms with Gasteiger partial charge in [-0.25, -0.2) is 9.78 Å². The third-order valence-corrected chi connectivity index (χ3v) is 4.67. The summed E-state index contributed by atoms with van der Waals surface area (Å²) in [4.78, 5) is 18.2. The highest BCUT2D eigenvalue weighted by Gasteiger charge is 2.31. The molecule has 0 bridgehead atoms. The molecule has 5 nitrogen and oxygen atoms in total. The van der Waals surface area contributed by atoms with E-state index in [1.165, 1.54) is 11.3 Å². The second-order valence-corrected chi connectivity index (χ2v) is 6.19. The van der Waals surface area contributed by atoms with Crippen LogP contribution in [-0.2, 0) is 4.74 Å². The number of likely N-dealkylation sites (N-methyl/N-ethyl adjacent to an activating group) is 1. The Labute approximate surface area is 117 Å². The summed E-state index contributed by atoms with van der Waals surface area (Å²) in [6.45, 7) is 6.73. The van der Waals surface area contributed by atoms with Crippen molar-refractivity contribution < 1.29 is 14.6 Å². The number of nitrogens with zero attached hydrogens (tertiary/aromatic N) is 2. The van der Waals surface area contributed by atoms with Gasteiger partial charge in [-0.3, -0.25) is 0 Å². The van der Waals surface area contributed by atoms with E-state index in [4.69, 9.17) is 4.74 Å². The maximum Gasteiger partial charge on any atom is 0.347 e. The van der Waals surface area contributed by atoms with Crippen LogP contribution in [0.15, 0.2) is 0 Å². The number of carbonyl (C=O) groups is 1. The average molecular weight is 284 g/mol. The molecule has 2 heterocycles. The molecule has 1 saturated heterocycles. The van der Waals surface area contributed by atoms with E-state index in [1.54, 1.807) is 0 Å². The maximum absolute atomic E-state index is 11.3. The molecule has 106 valence electrons. The second-order valence-electron chi connectivity index (χ2n) is 5.21. The van der Waals surface area contributed by atoms with E-state index in [9.17, 15) is 9.90 Å². The van der Waals surface area contributed by atoms with Crippen LogP contribution in [0.1, 0.15) is 48.5 Å². The lowest BCUT2D eigenvalue weighted by molar-refractivity contribution is 0.0700. The Morgan fingerprint density at radius 2 is 2.26 bits per heavy atom. The van der Waals surface area contributed by atoms with Gasteiger partial charge in [0.2, 0.25) is 0 Å². The summed E-state index contributed by atoms with van der Waals surface area (Å²) in [5, 5.41) is 10.0. The minimum atomic E-state index is -0.892. The number of anilines is 1. The summed E-state index contributed by atoms with van der Waals surface area (Å²) in [6, 6.07) is 0.271. The van der Waals surface area contributed by atoms with Crippen molar-refractivity contribution in [1.82, 2.24) is 4.98 Å². The minimum Gasteiger partial charge on any atom is -0.477 e. The first-order valence-electron chi connectivity index (χ1n) is 6.50. The Morgan fingerprint density at radius 3 is 2.68 bits per heavy atom. The molecule has 1 aromatic heterocycles. The summed E-state index contributed by atoms with van der Waals surface area (Å²) in [6.07, 6.45) is 1.11. The molecule has 1 aromatic rings. The Kier molecular flexibility index (Phi) is 4.10. The molecule has 2 unspecified atom stereocenters. The maximum atomic E-state index is 11.3. The quantitative estimate of drug-likeness (QED) is 0.920. The van der Waals surface area contributed by atoms with Gasteiger partial charge < -0.3 is 14.7 Å². The van der Waals surface area contributed by atoms with Crippen molar-refractivity contribution in [3.8, 4) is 0 Å². The standard InChI is InChI=1S/C13H20N2O3S/c1-7(2)10-11(12(16)17)19-13(14-10)15(4)9-5-6-18-8(9)3/h7-9H,5-6H2,1-4H3,(H,16,17). The van der Waals surface area contributed by atoms with Crippen LogP contribution in [0, 0.1) is 0 Å². The fourth-order valence-corrected chi connectivity index (χ4v) is 3.47. The summed E-state index contributed by atoms with van der Waals surface area (Å²) < 4.78 is 5.56. The highest BCUT2D eigenvalue weighted by molar-refractivity contribution is 7.17. The molecule has 2 atom stereocenters. The second kappa shape index (κ2) is 5.46. The Bertz CT molecular complexity index is 472.